The Hall–Kier alpha value is -1.91. The maximum absolute atomic E-state index is 12.2. The fourth-order valence-electron chi connectivity index (χ4n) is 2.33. The highest BCUT2D eigenvalue weighted by Crippen LogP contribution is 2.12. The number of carbonyl (C=O) groups is 1. The predicted octanol–water partition coefficient (Wildman–Crippen LogP) is 2.10. The molecule has 1 unspecified atom stereocenters. The van der Waals surface area contributed by atoms with E-state index in [0.717, 1.165) is 31.4 Å². The van der Waals surface area contributed by atoms with Gasteiger partial charge >= 0.3 is 0 Å². The number of amides is 1. The topological polar surface area (TPSA) is 80.9 Å². The van der Waals surface area contributed by atoms with E-state index in [9.17, 15) is 4.79 Å². The smallest absolute Gasteiger partial charge is 0.270 e. The number of nitrogen functional groups attached to an aromatic ring is 1. The maximum Gasteiger partial charge on any atom is 0.270 e. The van der Waals surface area contributed by atoms with Crippen LogP contribution < -0.4 is 11.1 Å². The molecular weight excluding hydrogens is 252 g/mol. The molecule has 1 aliphatic rings. The van der Waals surface area contributed by atoms with Gasteiger partial charge in [-0.3, -0.25) is 4.79 Å². The Labute approximate surface area is 119 Å². The van der Waals surface area contributed by atoms with E-state index in [1.165, 1.54) is 0 Å². The van der Waals surface area contributed by atoms with E-state index < -0.39 is 0 Å². The van der Waals surface area contributed by atoms with Crippen LogP contribution in [0.2, 0.25) is 0 Å². The first-order chi connectivity index (χ1) is 9.54. The number of allylic oxidation sites excluding steroid dienone is 1. The number of nitrogens with two attached hydrogens (primary N) is 1. The first-order valence-electron chi connectivity index (χ1n) is 7.15. The molecule has 3 N–H and O–H groups in total. The predicted molar refractivity (Wildman–Crippen MR) is 79.2 cm³/mol. The van der Waals surface area contributed by atoms with Gasteiger partial charge in [0.25, 0.3) is 5.91 Å². The lowest BCUT2D eigenvalue weighted by atomic mass is 10.0. The molecule has 0 aromatic carbocycles. The lowest BCUT2D eigenvalue weighted by Gasteiger charge is -2.18. The van der Waals surface area contributed by atoms with Gasteiger partial charge in [0.2, 0.25) is 5.95 Å². The normalized spacial score (nSPS) is 18.2. The lowest BCUT2D eigenvalue weighted by molar-refractivity contribution is 0.0936. The Balaban J connectivity index is 2.10. The minimum atomic E-state index is -0.180. The molecule has 0 spiro atoms. The highest BCUT2D eigenvalue weighted by atomic mass is 16.1. The second kappa shape index (κ2) is 6.50. The van der Waals surface area contributed by atoms with Gasteiger partial charge in [0.1, 0.15) is 5.69 Å². The average Bonchev–Trinajstić information content (AvgIpc) is 2.38. The molecule has 1 aromatic rings. The highest BCUT2D eigenvalue weighted by molar-refractivity contribution is 5.92. The Morgan fingerprint density at radius 1 is 1.50 bits per heavy atom. The Morgan fingerprint density at radius 2 is 2.30 bits per heavy atom. The summed E-state index contributed by atoms with van der Waals surface area (Å²) in [7, 11) is 0. The van der Waals surface area contributed by atoms with Gasteiger partial charge in [-0.1, -0.05) is 26.0 Å². The molecule has 0 bridgehead atoms. The lowest BCUT2D eigenvalue weighted by Crippen LogP contribution is -2.35. The number of carbonyl (C=O) groups excluding carboxylic acids is 1. The molecule has 1 amide bonds. The third-order valence-electron chi connectivity index (χ3n) is 3.22. The monoisotopic (exact) mass is 274 g/mol. The van der Waals surface area contributed by atoms with Gasteiger partial charge in [0.15, 0.2) is 0 Å². The molecule has 0 radical (unpaired) electrons. The summed E-state index contributed by atoms with van der Waals surface area (Å²) in [6.07, 6.45) is 8.10. The van der Waals surface area contributed by atoms with E-state index in [0.29, 0.717) is 11.6 Å². The number of nitrogens with one attached hydrogen (secondary N) is 1. The van der Waals surface area contributed by atoms with Gasteiger partial charge in [0, 0.05) is 11.7 Å². The van der Waals surface area contributed by atoms with Crippen molar-refractivity contribution in [1.29, 1.82) is 0 Å². The molecule has 5 heteroatoms. The molecule has 0 saturated heterocycles. The zero-order valence-corrected chi connectivity index (χ0v) is 12.1. The third kappa shape index (κ3) is 4.05. The molecule has 5 nitrogen and oxygen atoms in total. The zero-order valence-electron chi connectivity index (χ0n) is 12.1. The van der Waals surface area contributed by atoms with E-state index in [4.69, 9.17) is 5.73 Å². The van der Waals surface area contributed by atoms with Crippen LogP contribution in [0.4, 0.5) is 5.95 Å². The number of rotatable bonds is 4. The van der Waals surface area contributed by atoms with E-state index >= 15 is 0 Å². The summed E-state index contributed by atoms with van der Waals surface area (Å²) in [5.41, 5.74) is 6.86. The molecule has 0 fully saturated rings. The zero-order chi connectivity index (χ0) is 14.5. The molecule has 108 valence electrons. The van der Waals surface area contributed by atoms with Crippen LogP contribution in [0.1, 0.15) is 49.3 Å². The minimum Gasteiger partial charge on any atom is -0.368 e. The van der Waals surface area contributed by atoms with Crippen LogP contribution in [0.5, 0.6) is 0 Å². The van der Waals surface area contributed by atoms with Crippen molar-refractivity contribution in [3.05, 3.63) is 29.6 Å². The Morgan fingerprint density at radius 3 is 2.95 bits per heavy atom. The van der Waals surface area contributed by atoms with Crippen LogP contribution in [0.3, 0.4) is 0 Å². The van der Waals surface area contributed by atoms with Crippen LogP contribution in [0, 0.1) is 5.92 Å². The van der Waals surface area contributed by atoms with Crippen molar-refractivity contribution in [3.8, 4) is 0 Å². The van der Waals surface area contributed by atoms with Gasteiger partial charge in [-0.15, -0.1) is 0 Å². The fraction of sp³-hybridized carbons (Fsp3) is 0.533. The summed E-state index contributed by atoms with van der Waals surface area (Å²) in [6.45, 7) is 4.20. The van der Waals surface area contributed by atoms with Crippen LogP contribution in [0.15, 0.2) is 18.2 Å². The van der Waals surface area contributed by atoms with Crippen LogP contribution >= 0.6 is 0 Å². The molecule has 1 aliphatic carbocycles. The van der Waals surface area contributed by atoms with Gasteiger partial charge in [0.05, 0.1) is 0 Å². The molecule has 2 rings (SSSR count). The van der Waals surface area contributed by atoms with Crippen molar-refractivity contribution in [2.45, 2.75) is 45.6 Å². The SMILES string of the molecule is CC(C)Cc1cc(C(=O)NC2C=CCCC2)nc(N)n1. The molecule has 1 atom stereocenters. The summed E-state index contributed by atoms with van der Waals surface area (Å²) >= 11 is 0. The number of aromatic nitrogens is 2. The van der Waals surface area contributed by atoms with Gasteiger partial charge in [-0.05, 0) is 37.7 Å². The van der Waals surface area contributed by atoms with Crippen LogP contribution in [-0.2, 0) is 6.42 Å². The molecule has 1 aromatic heterocycles. The Kier molecular flexibility index (Phi) is 4.71. The summed E-state index contributed by atoms with van der Waals surface area (Å²) in [4.78, 5) is 20.4. The summed E-state index contributed by atoms with van der Waals surface area (Å²) in [6, 6.07) is 1.83. The molecule has 20 heavy (non-hydrogen) atoms. The summed E-state index contributed by atoms with van der Waals surface area (Å²) in [5.74, 6) is 0.439. The summed E-state index contributed by atoms with van der Waals surface area (Å²) < 4.78 is 0. The van der Waals surface area contributed by atoms with Crippen molar-refractivity contribution < 1.29 is 4.79 Å². The third-order valence-corrected chi connectivity index (χ3v) is 3.22. The van der Waals surface area contributed by atoms with Crippen molar-refractivity contribution in [3.63, 3.8) is 0 Å². The van der Waals surface area contributed by atoms with Crippen molar-refractivity contribution in [2.24, 2.45) is 5.92 Å². The molecular formula is C15H22N4O. The minimum absolute atomic E-state index is 0.0981. The van der Waals surface area contributed by atoms with Crippen molar-refractivity contribution in [2.75, 3.05) is 5.73 Å². The second-order valence-electron chi connectivity index (χ2n) is 5.64. The fourth-order valence-corrected chi connectivity index (χ4v) is 2.33. The maximum atomic E-state index is 12.2. The van der Waals surface area contributed by atoms with E-state index in [1.807, 2.05) is 6.08 Å². The van der Waals surface area contributed by atoms with Crippen molar-refractivity contribution >= 4 is 11.9 Å². The average molecular weight is 274 g/mol. The van der Waals surface area contributed by atoms with E-state index in [-0.39, 0.29) is 17.9 Å². The number of nitrogens with zero attached hydrogens (tertiary/aromatic N) is 2. The number of hydrogen-bond donors (Lipinski definition) is 2. The largest absolute Gasteiger partial charge is 0.368 e. The molecule has 0 aliphatic heterocycles. The van der Waals surface area contributed by atoms with Gasteiger partial charge in [-0.25, -0.2) is 9.97 Å². The first-order valence-corrected chi connectivity index (χ1v) is 7.15. The van der Waals surface area contributed by atoms with Crippen LogP contribution in [-0.4, -0.2) is 21.9 Å². The Bertz CT molecular complexity index is 511. The van der Waals surface area contributed by atoms with Crippen LogP contribution in [0.25, 0.3) is 0 Å². The quantitative estimate of drug-likeness (QED) is 0.824. The number of anilines is 1. The first kappa shape index (κ1) is 14.5. The van der Waals surface area contributed by atoms with Gasteiger partial charge < -0.3 is 11.1 Å². The summed E-state index contributed by atoms with van der Waals surface area (Å²) in [5, 5.41) is 2.97. The highest BCUT2D eigenvalue weighted by Gasteiger charge is 2.16. The van der Waals surface area contributed by atoms with E-state index in [2.05, 4.69) is 35.2 Å². The second-order valence-corrected chi connectivity index (χ2v) is 5.64. The standard InChI is InChI=1S/C15H22N4O/c1-10(2)8-12-9-13(19-15(16)18-12)14(20)17-11-6-4-3-5-7-11/h4,6,9-11H,3,5,7-8H2,1-2H3,(H,17,20)(H2,16,18,19). The molecule has 1 heterocycles. The van der Waals surface area contributed by atoms with E-state index in [1.54, 1.807) is 6.07 Å². The van der Waals surface area contributed by atoms with Crippen molar-refractivity contribution in [1.82, 2.24) is 15.3 Å². The number of hydrogen-bond acceptors (Lipinski definition) is 4. The van der Waals surface area contributed by atoms with Gasteiger partial charge in [-0.2, -0.15) is 0 Å². The molecule has 0 saturated carbocycles.